The molecule has 2 heterocycles. The van der Waals surface area contributed by atoms with Crippen LogP contribution in [0.25, 0.3) is 11.4 Å². The van der Waals surface area contributed by atoms with Crippen LogP contribution in [-0.2, 0) is 13.0 Å². The van der Waals surface area contributed by atoms with Crippen LogP contribution < -0.4 is 10.6 Å². The van der Waals surface area contributed by atoms with E-state index in [1.54, 1.807) is 18.4 Å². The zero-order valence-electron chi connectivity index (χ0n) is 15.6. The largest absolute Gasteiger partial charge is 0.356 e. The van der Waals surface area contributed by atoms with Crippen LogP contribution in [0.15, 0.2) is 35.6 Å². The van der Waals surface area contributed by atoms with E-state index in [4.69, 9.17) is 0 Å². The van der Waals surface area contributed by atoms with Gasteiger partial charge in [-0.2, -0.15) is 5.10 Å². The van der Waals surface area contributed by atoms with Gasteiger partial charge < -0.3 is 10.6 Å². The highest BCUT2D eigenvalue weighted by atomic mass is 127. The average Bonchev–Trinajstić information content (AvgIpc) is 3.29. The Balaban J connectivity index is 0.00000261. The van der Waals surface area contributed by atoms with Crippen molar-refractivity contribution < 1.29 is 0 Å². The Bertz CT molecular complexity index is 854. The molecular weight excluding hydrogens is 473 g/mol. The van der Waals surface area contributed by atoms with Gasteiger partial charge in [0.2, 0.25) is 0 Å². The first-order valence-electron chi connectivity index (χ1n) is 8.48. The normalized spacial score (nSPS) is 11.1. The molecule has 0 saturated carbocycles. The molecule has 0 aliphatic heterocycles. The maximum absolute atomic E-state index is 4.56. The summed E-state index contributed by atoms with van der Waals surface area (Å²) in [5, 5.41) is 14.6. The molecule has 0 bridgehead atoms. The molecule has 0 spiro atoms. The first kappa shape index (κ1) is 21.3. The van der Waals surface area contributed by atoms with E-state index in [1.165, 1.54) is 11.2 Å². The Morgan fingerprint density at radius 3 is 2.78 bits per heavy atom. The number of aliphatic imine (C=N–C) groups is 1. The van der Waals surface area contributed by atoms with Crippen molar-refractivity contribution in [1.29, 1.82) is 0 Å². The molecule has 0 radical (unpaired) electrons. The van der Waals surface area contributed by atoms with Gasteiger partial charge in [-0.3, -0.25) is 10.1 Å². The molecule has 0 unspecified atom stereocenters. The predicted molar refractivity (Wildman–Crippen MR) is 121 cm³/mol. The van der Waals surface area contributed by atoms with Gasteiger partial charge in [0, 0.05) is 37.0 Å². The van der Waals surface area contributed by atoms with Crippen molar-refractivity contribution in [2.24, 2.45) is 4.99 Å². The van der Waals surface area contributed by atoms with Gasteiger partial charge in [-0.05, 0) is 25.5 Å². The molecule has 0 fully saturated rings. The van der Waals surface area contributed by atoms with E-state index in [-0.39, 0.29) is 24.0 Å². The Hall–Kier alpha value is -2.01. The summed E-state index contributed by atoms with van der Waals surface area (Å²) < 4.78 is 0. The summed E-state index contributed by atoms with van der Waals surface area (Å²) in [5.74, 6) is 1.54. The van der Waals surface area contributed by atoms with Crippen LogP contribution in [0.3, 0.4) is 0 Å². The number of guanidine groups is 1. The summed E-state index contributed by atoms with van der Waals surface area (Å²) in [5.41, 5.74) is 3.28. The number of halogens is 1. The maximum Gasteiger partial charge on any atom is 0.191 e. The lowest BCUT2D eigenvalue weighted by atomic mass is 10.1. The molecule has 1 aromatic carbocycles. The van der Waals surface area contributed by atoms with E-state index >= 15 is 0 Å². The number of aromatic amines is 1. The summed E-state index contributed by atoms with van der Waals surface area (Å²) >= 11 is 1.76. The van der Waals surface area contributed by atoms with E-state index in [9.17, 15) is 0 Å². The molecule has 144 valence electrons. The van der Waals surface area contributed by atoms with Gasteiger partial charge in [0.05, 0.1) is 10.7 Å². The van der Waals surface area contributed by atoms with Crippen molar-refractivity contribution >= 4 is 41.3 Å². The van der Waals surface area contributed by atoms with Crippen LogP contribution in [0, 0.1) is 13.8 Å². The van der Waals surface area contributed by atoms with Crippen molar-refractivity contribution in [1.82, 2.24) is 30.8 Å². The van der Waals surface area contributed by atoms with Crippen LogP contribution in [-0.4, -0.2) is 39.7 Å². The van der Waals surface area contributed by atoms with Gasteiger partial charge in [0.1, 0.15) is 6.33 Å². The highest BCUT2D eigenvalue weighted by Gasteiger charge is 2.05. The molecule has 9 heteroatoms. The third kappa shape index (κ3) is 5.99. The maximum atomic E-state index is 4.56. The quantitative estimate of drug-likeness (QED) is 0.277. The molecule has 0 aliphatic rings. The lowest BCUT2D eigenvalue weighted by molar-refractivity contribution is 0.791. The zero-order valence-corrected chi connectivity index (χ0v) is 18.8. The van der Waals surface area contributed by atoms with Crippen molar-refractivity contribution in [3.8, 4) is 11.4 Å². The Morgan fingerprint density at radius 2 is 2.11 bits per heavy atom. The van der Waals surface area contributed by atoms with Gasteiger partial charge >= 0.3 is 0 Å². The lowest BCUT2D eigenvalue weighted by Crippen LogP contribution is -2.37. The Labute approximate surface area is 180 Å². The summed E-state index contributed by atoms with van der Waals surface area (Å²) in [7, 11) is 1.78. The third-order valence-corrected chi connectivity index (χ3v) is 5.14. The number of thiazole rings is 1. The van der Waals surface area contributed by atoms with E-state index in [2.05, 4.69) is 61.8 Å². The van der Waals surface area contributed by atoms with Gasteiger partial charge in [-0.25, -0.2) is 9.97 Å². The minimum atomic E-state index is 0. The summed E-state index contributed by atoms with van der Waals surface area (Å²) in [6, 6.07) is 8.18. The second-order valence-corrected chi connectivity index (χ2v) is 7.17. The molecule has 7 nitrogen and oxygen atoms in total. The van der Waals surface area contributed by atoms with E-state index < -0.39 is 0 Å². The average molecular weight is 497 g/mol. The van der Waals surface area contributed by atoms with E-state index in [1.807, 2.05) is 12.1 Å². The van der Waals surface area contributed by atoms with Crippen molar-refractivity contribution in [3.05, 3.63) is 51.7 Å². The molecule has 3 aromatic rings. The first-order chi connectivity index (χ1) is 12.7. The van der Waals surface area contributed by atoms with Gasteiger partial charge in [0.15, 0.2) is 11.8 Å². The zero-order chi connectivity index (χ0) is 18.4. The number of hydrogen-bond acceptors (Lipinski definition) is 5. The number of aromatic nitrogens is 4. The van der Waals surface area contributed by atoms with E-state index in [0.717, 1.165) is 46.6 Å². The predicted octanol–water partition coefficient (Wildman–Crippen LogP) is 3.07. The Morgan fingerprint density at radius 1 is 1.26 bits per heavy atom. The first-order valence-corrected chi connectivity index (χ1v) is 9.29. The second-order valence-electron chi connectivity index (χ2n) is 5.89. The Kier molecular flexibility index (Phi) is 8.17. The topological polar surface area (TPSA) is 90.9 Å². The van der Waals surface area contributed by atoms with Crippen LogP contribution in [0.5, 0.6) is 0 Å². The molecular formula is C18H24IN7S. The molecule has 0 saturated heterocycles. The lowest BCUT2D eigenvalue weighted by Gasteiger charge is -2.12. The van der Waals surface area contributed by atoms with Crippen molar-refractivity contribution in [2.45, 2.75) is 26.8 Å². The van der Waals surface area contributed by atoms with E-state index in [0.29, 0.717) is 6.54 Å². The minimum Gasteiger partial charge on any atom is -0.356 e. The molecule has 3 N–H and O–H groups in total. The summed E-state index contributed by atoms with van der Waals surface area (Å²) in [4.78, 5) is 14.3. The molecule has 0 atom stereocenters. The molecule has 0 aliphatic carbocycles. The standard InChI is InChI=1S/C18H23N7S.HI/c1-12-13(2)26-16(24-12)7-8-20-18(19-3)21-10-14-5-4-6-15(9-14)17-22-11-23-25-17;/h4-6,9,11H,7-8,10H2,1-3H3,(H2,19,20,21)(H,22,23,25);1H. The number of hydrogen-bond donors (Lipinski definition) is 3. The highest BCUT2D eigenvalue weighted by molar-refractivity contribution is 14.0. The van der Waals surface area contributed by atoms with Crippen LogP contribution >= 0.6 is 35.3 Å². The number of nitrogens with zero attached hydrogens (tertiary/aromatic N) is 4. The molecule has 3 rings (SSSR count). The second kappa shape index (κ2) is 10.4. The number of benzene rings is 1. The number of rotatable bonds is 6. The van der Waals surface area contributed by atoms with Gasteiger partial charge in [-0.15, -0.1) is 35.3 Å². The van der Waals surface area contributed by atoms with Gasteiger partial charge in [0.25, 0.3) is 0 Å². The smallest absolute Gasteiger partial charge is 0.191 e. The SMILES string of the molecule is CN=C(NCCc1nc(C)c(C)s1)NCc1cccc(-c2ncn[nH]2)c1.I. The fourth-order valence-electron chi connectivity index (χ4n) is 2.51. The minimum absolute atomic E-state index is 0. The highest BCUT2D eigenvalue weighted by Crippen LogP contribution is 2.16. The summed E-state index contributed by atoms with van der Waals surface area (Å²) in [6.07, 6.45) is 2.40. The monoisotopic (exact) mass is 497 g/mol. The third-order valence-electron chi connectivity index (χ3n) is 4.00. The summed E-state index contributed by atoms with van der Waals surface area (Å²) in [6.45, 7) is 5.63. The van der Waals surface area contributed by atoms with Gasteiger partial charge in [-0.1, -0.05) is 18.2 Å². The van der Waals surface area contributed by atoms with Crippen LogP contribution in [0.4, 0.5) is 0 Å². The number of H-pyrrole nitrogens is 1. The van der Waals surface area contributed by atoms with Crippen LogP contribution in [0.1, 0.15) is 21.1 Å². The molecule has 2 aromatic heterocycles. The molecule has 27 heavy (non-hydrogen) atoms. The molecule has 0 amide bonds. The fraction of sp³-hybridized carbons (Fsp3) is 0.333. The van der Waals surface area contributed by atoms with Crippen LogP contribution in [0.2, 0.25) is 0 Å². The number of nitrogens with one attached hydrogen (secondary N) is 3. The number of aryl methyl sites for hydroxylation is 2. The fourth-order valence-corrected chi connectivity index (χ4v) is 3.45. The van der Waals surface area contributed by atoms with Crippen molar-refractivity contribution in [2.75, 3.05) is 13.6 Å². The van der Waals surface area contributed by atoms with Crippen molar-refractivity contribution in [3.63, 3.8) is 0 Å².